The van der Waals surface area contributed by atoms with Crippen molar-refractivity contribution in [2.75, 3.05) is 18.6 Å². The van der Waals surface area contributed by atoms with Gasteiger partial charge in [-0.05, 0) is 35.5 Å². The number of alkyl halides is 3. The number of thioether (sulfide) groups is 1. The number of ether oxygens (including phenoxy) is 1. The molecule has 1 amide bonds. The average molecular weight is 354 g/mol. The molecule has 1 aromatic carbocycles. The molecule has 120 valence electrons. The van der Waals surface area contributed by atoms with Gasteiger partial charge in [-0.15, -0.1) is 10.3 Å². The number of amides is 1. The van der Waals surface area contributed by atoms with Crippen molar-refractivity contribution in [3.8, 4) is 0 Å². The predicted molar refractivity (Wildman–Crippen MR) is 78.4 cm³/mol. The first kappa shape index (κ1) is 16.8. The van der Waals surface area contributed by atoms with Gasteiger partial charge in [0, 0.05) is 12.7 Å². The first-order valence-electron chi connectivity index (χ1n) is 6.00. The van der Waals surface area contributed by atoms with E-state index in [0.717, 1.165) is 0 Å². The highest BCUT2D eigenvalue weighted by atomic mass is 35.5. The highest BCUT2D eigenvalue weighted by molar-refractivity contribution is 8.14. The molecule has 0 spiro atoms. The van der Waals surface area contributed by atoms with E-state index >= 15 is 0 Å². The lowest BCUT2D eigenvalue weighted by Crippen LogP contribution is -2.32. The molecule has 1 aliphatic rings. The molecule has 0 aliphatic carbocycles. The van der Waals surface area contributed by atoms with Gasteiger partial charge in [0.2, 0.25) is 5.37 Å². The highest BCUT2D eigenvalue weighted by Gasteiger charge is 2.48. The number of rotatable bonds is 4. The van der Waals surface area contributed by atoms with Gasteiger partial charge in [0.25, 0.3) is 11.1 Å². The first-order valence-corrected chi connectivity index (χ1v) is 7.26. The number of nitrogens with zero attached hydrogens (tertiary/aromatic N) is 3. The molecule has 0 fully saturated rings. The Bertz CT molecular complexity index is 570. The van der Waals surface area contributed by atoms with Crippen molar-refractivity contribution < 1.29 is 22.8 Å². The minimum absolute atomic E-state index is 0.301. The Balaban J connectivity index is 1.89. The van der Waals surface area contributed by atoms with Crippen molar-refractivity contribution >= 4 is 40.2 Å². The van der Waals surface area contributed by atoms with E-state index in [1.54, 1.807) is 30.3 Å². The molecule has 0 N–H and O–H groups in total. The highest BCUT2D eigenvalue weighted by Crippen LogP contribution is 2.40. The summed E-state index contributed by atoms with van der Waals surface area (Å²) < 4.78 is 43.8. The zero-order valence-corrected chi connectivity index (χ0v) is 12.8. The van der Waals surface area contributed by atoms with Crippen molar-refractivity contribution in [2.45, 2.75) is 10.8 Å². The van der Waals surface area contributed by atoms with Crippen LogP contribution in [0.2, 0.25) is 0 Å². The summed E-state index contributed by atoms with van der Waals surface area (Å²) in [6.45, 7) is -0.467. The summed E-state index contributed by atoms with van der Waals surface area (Å²) in [7, 11) is 1.53. The van der Waals surface area contributed by atoms with Crippen LogP contribution in [0.5, 0.6) is 0 Å². The normalized spacial score (nSPS) is 18.1. The van der Waals surface area contributed by atoms with E-state index in [1.165, 1.54) is 11.9 Å². The Labute approximate surface area is 133 Å². The molecule has 10 heteroatoms. The van der Waals surface area contributed by atoms with Gasteiger partial charge in [-0.2, -0.15) is 8.78 Å². The zero-order chi connectivity index (χ0) is 16.3. The molecule has 1 heterocycles. The number of benzene rings is 1. The Morgan fingerprint density at radius 2 is 2.14 bits per heavy atom. The monoisotopic (exact) mass is 353 g/mol. The van der Waals surface area contributed by atoms with Crippen LogP contribution in [0.3, 0.4) is 0 Å². The van der Waals surface area contributed by atoms with Crippen LogP contribution < -0.4 is 4.90 Å². The minimum atomic E-state index is -3.82. The Morgan fingerprint density at radius 1 is 1.50 bits per heavy atom. The molecular weight excluding hydrogens is 343 g/mol. The molecule has 5 nitrogen and oxygen atoms in total. The number of anilines is 1. The lowest BCUT2D eigenvalue weighted by molar-refractivity contribution is -0.120. The van der Waals surface area contributed by atoms with Crippen LogP contribution in [-0.4, -0.2) is 40.8 Å². The number of carbonyl (C=O) groups excluding carboxylic acids is 1. The van der Waals surface area contributed by atoms with Crippen molar-refractivity contribution in [1.82, 2.24) is 5.23 Å². The largest absolute Gasteiger partial charge is 0.462 e. The zero-order valence-electron chi connectivity index (χ0n) is 11.2. The van der Waals surface area contributed by atoms with E-state index in [0.29, 0.717) is 17.4 Å². The maximum atomic E-state index is 13.2. The Morgan fingerprint density at radius 3 is 2.68 bits per heavy atom. The second-order valence-electron chi connectivity index (χ2n) is 4.24. The second-order valence-corrected chi connectivity index (χ2v) is 5.78. The maximum absolute atomic E-state index is 13.2. The lowest BCUT2D eigenvalue weighted by Gasteiger charge is -2.18. The van der Waals surface area contributed by atoms with Crippen LogP contribution in [0.15, 0.2) is 35.4 Å². The van der Waals surface area contributed by atoms with Crippen molar-refractivity contribution in [3.63, 3.8) is 0 Å². The number of hydrazone groups is 1. The van der Waals surface area contributed by atoms with E-state index in [2.05, 4.69) is 5.10 Å². The van der Waals surface area contributed by atoms with E-state index in [9.17, 15) is 18.1 Å². The van der Waals surface area contributed by atoms with Crippen LogP contribution in [-0.2, 0) is 9.53 Å². The Kier molecular flexibility index (Phi) is 5.07. The predicted octanol–water partition coefficient (Wildman–Crippen LogP) is 3.03. The van der Waals surface area contributed by atoms with Gasteiger partial charge < -0.3 is 9.64 Å². The maximum Gasteiger partial charge on any atom is 0.355 e. The van der Waals surface area contributed by atoms with Crippen molar-refractivity contribution in [2.24, 2.45) is 5.10 Å². The molecule has 1 aliphatic heterocycles. The molecule has 22 heavy (non-hydrogen) atoms. The first-order chi connectivity index (χ1) is 10.3. The lowest BCUT2D eigenvalue weighted by atomic mass is 10.3. The summed E-state index contributed by atoms with van der Waals surface area (Å²) in [6.07, 6.45) is 0. The van der Waals surface area contributed by atoms with Crippen LogP contribution in [0.25, 0.3) is 0 Å². The SMILES string of the molecule is CN(C(=O)COC1=NN(F)C(C(F)(F)Cl)S1)c1ccccc1. The van der Waals surface area contributed by atoms with Crippen molar-refractivity contribution in [3.05, 3.63) is 30.3 Å². The van der Waals surface area contributed by atoms with Crippen molar-refractivity contribution in [1.29, 1.82) is 0 Å². The molecule has 0 bridgehead atoms. The summed E-state index contributed by atoms with van der Waals surface area (Å²) in [5, 5.41) is -3.59. The summed E-state index contributed by atoms with van der Waals surface area (Å²) in [4.78, 5) is 13.2. The van der Waals surface area contributed by atoms with Gasteiger partial charge in [0.15, 0.2) is 6.61 Å². The topological polar surface area (TPSA) is 45.1 Å². The van der Waals surface area contributed by atoms with E-state index in [4.69, 9.17) is 16.3 Å². The molecule has 1 aromatic rings. The molecule has 0 radical (unpaired) electrons. The summed E-state index contributed by atoms with van der Waals surface area (Å²) in [5.41, 5.74) is 0.634. The molecule has 1 unspecified atom stereocenters. The average Bonchev–Trinajstić information content (AvgIpc) is 2.86. The van der Waals surface area contributed by atoms with Gasteiger partial charge in [0.05, 0.1) is 0 Å². The minimum Gasteiger partial charge on any atom is -0.462 e. The van der Waals surface area contributed by atoms with E-state index in [1.807, 2.05) is 0 Å². The third-order valence-electron chi connectivity index (χ3n) is 2.70. The van der Waals surface area contributed by atoms with Gasteiger partial charge in [-0.1, -0.05) is 22.7 Å². The van der Waals surface area contributed by atoms with Crippen LogP contribution in [0, 0.1) is 0 Å². The van der Waals surface area contributed by atoms with Gasteiger partial charge in [0.1, 0.15) is 0 Å². The van der Waals surface area contributed by atoms with Gasteiger partial charge >= 0.3 is 5.38 Å². The molecule has 0 aromatic heterocycles. The number of hydrogen-bond acceptors (Lipinski definition) is 5. The quantitative estimate of drug-likeness (QED) is 0.616. The number of halogens is 4. The van der Waals surface area contributed by atoms with E-state index in [-0.39, 0.29) is 5.23 Å². The summed E-state index contributed by atoms with van der Waals surface area (Å²) in [6, 6.07) is 8.74. The second kappa shape index (κ2) is 6.66. The summed E-state index contributed by atoms with van der Waals surface area (Å²) in [5.74, 6) is -0.444. The third-order valence-corrected chi connectivity index (χ3v) is 4.13. The molecule has 1 atom stereocenters. The summed E-state index contributed by atoms with van der Waals surface area (Å²) >= 11 is 5.05. The van der Waals surface area contributed by atoms with E-state index < -0.39 is 28.5 Å². The van der Waals surface area contributed by atoms with Gasteiger partial charge in [-0.3, -0.25) is 4.79 Å². The van der Waals surface area contributed by atoms with Crippen LogP contribution in [0.1, 0.15) is 0 Å². The van der Waals surface area contributed by atoms with Crippen LogP contribution >= 0.6 is 23.4 Å². The van der Waals surface area contributed by atoms with Gasteiger partial charge in [-0.25, -0.2) is 0 Å². The van der Waals surface area contributed by atoms with Crippen LogP contribution in [0.4, 0.5) is 18.9 Å². The number of hydrogen-bond donors (Lipinski definition) is 0. The number of carbonyl (C=O) groups is 1. The molecule has 2 rings (SSSR count). The number of likely N-dealkylation sites (N-methyl/N-ethyl adjacent to an activating group) is 1. The molecular formula is C12H11ClF3N3O2S. The molecule has 0 saturated carbocycles. The fraction of sp³-hybridized carbons (Fsp3) is 0.333. The standard InChI is InChI=1S/C12H11ClF3N3O2S/c1-18(8-5-3-2-4-6-8)9(20)7-21-11-17-19(16)10(22-11)12(13,14)15/h2-6,10H,7H2,1H3. The number of para-hydroxylation sites is 1. The molecule has 0 saturated heterocycles. The smallest absolute Gasteiger partial charge is 0.355 e. The fourth-order valence-corrected chi connectivity index (χ4v) is 2.48. The Hall–Kier alpha value is -1.61. The third kappa shape index (κ3) is 3.98. The fourth-order valence-electron chi connectivity index (χ4n) is 1.56.